The van der Waals surface area contributed by atoms with Crippen LogP contribution in [0.3, 0.4) is 0 Å². The molecule has 3 rings (SSSR count). The highest BCUT2D eigenvalue weighted by Gasteiger charge is 2.16. The fourth-order valence-electron chi connectivity index (χ4n) is 2.18. The molecular weight excluding hydrogens is 308 g/mol. The number of fused-ring (bicyclic) bond motifs is 1. The number of rotatable bonds is 3. The van der Waals surface area contributed by atoms with Gasteiger partial charge in [-0.05, 0) is 43.7 Å². The molecule has 0 spiro atoms. The Balaban J connectivity index is 1.81. The molecule has 0 saturated heterocycles. The third-order valence-electron chi connectivity index (χ3n) is 3.24. The Labute approximate surface area is 120 Å². The molecule has 5 heteroatoms. The summed E-state index contributed by atoms with van der Waals surface area (Å²) < 4.78 is 13.8. The minimum Gasteiger partial charge on any atom is -0.454 e. The van der Waals surface area contributed by atoms with Gasteiger partial charge >= 0.3 is 0 Å². The quantitative estimate of drug-likeness (QED) is 0.941. The van der Waals surface area contributed by atoms with E-state index in [9.17, 15) is 0 Å². The summed E-state index contributed by atoms with van der Waals surface area (Å²) in [6.45, 7) is 5.17. The lowest BCUT2D eigenvalue weighted by Crippen LogP contribution is -2.17. The van der Waals surface area contributed by atoms with Gasteiger partial charge in [-0.3, -0.25) is 4.68 Å². The van der Waals surface area contributed by atoms with Gasteiger partial charge in [0.1, 0.15) is 0 Å². The second-order valence-electron chi connectivity index (χ2n) is 4.58. The first-order valence-electron chi connectivity index (χ1n) is 6.12. The Morgan fingerprint density at radius 1 is 1.16 bits per heavy atom. The Hall–Kier alpha value is -1.62. The van der Waals surface area contributed by atoms with E-state index in [1.54, 1.807) is 0 Å². The highest BCUT2D eigenvalue weighted by Crippen LogP contribution is 2.36. The maximum atomic E-state index is 5.40. The van der Waals surface area contributed by atoms with Crippen molar-refractivity contribution in [3.63, 3.8) is 0 Å². The summed E-state index contributed by atoms with van der Waals surface area (Å²) in [6.07, 6.45) is 0. The second-order valence-corrected chi connectivity index (χ2v) is 5.44. The minimum absolute atomic E-state index is 0.300. The molecule has 1 N–H and O–H groups in total. The predicted molar refractivity (Wildman–Crippen MR) is 77.2 cm³/mol. The van der Waals surface area contributed by atoms with Crippen LogP contribution in [0.1, 0.15) is 17.0 Å². The fraction of sp³-hybridized carbons (Fsp3) is 0.286. The van der Waals surface area contributed by atoms with Crippen molar-refractivity contribution in [2.45, 2.75) is 20.4 Å². The molecule has 2 aromatic rings. The lowest BCUT2D eigenvalue weighted by molar-refractivity contribution is 0.174. The van der Waals surface area contributed by atoms with Crippen molar-refractivity contribution >= 4 is 15.9 Å². The number of hydrogen-bond acceptors (Lipinski definition) is 3. The second kappa shape index (κ2) is 4.81. The summed E-state index contributed by atoms with van der Waals surface area (Å²) in [5.41, 5.74) is 6.91. The molecule has 0 amide bonds. The number of hydrogen-bond donors (Lipinski definition) is 1. The number of ether oxygens (including phenoxy) is 2. The van der Waals surface area contributed by atoms with E-state index in [4.69, 9.17) is 9.47 Å². The van der Waals surface area contributed by atoms with Crippen LogP contribution < -0.4 is 14.9 Å². The molecule has 1 aromatic heterocycles. The molecule has 0 fully saturated rings. The van der Waals surface area contributed by atoms with Gasteiger partial charge in [0.2, 0.25) is 6.79 Å². The van der Waals surface area contributed by atoms with Gasteiger partial charge in [-0.2, -0.15) is 0 Å². The molecule has 100 valence electrons. The molecular formula is C14H15BrN2O2. The number of nitrogens with zero attached hydrogens (tertiary/aromatic N) is 1. The zero-order valence-corrected chi connectivity index (χ0v) is 12.5. The average molecular weight is 323 g/mol. The average Bonchev–Trinajstić information content (AvgIpc) is 2.94. The van der Waals surface area contributed by atoms with Gasteiger partial charge in [0, 0.05) is 15.9 Å². The molecule has 0 bridgehead atoms. The fourth-order valence-corrected chi connectivity index (χ4v) is 2.64. The maximum Gasteiger partial charge on any atom is 0.231 e. The van der Waals surface area contributed by atoms with Crippen LogP contribution >= 0.6 is 15.9 Å². The lowest BCUT2D eigenvalue weighted by atomic mass is 10.2. The van der Waals surface area contributed by atoms with Crippen LogP contribution in [-0.2, 0) is 6.54 Å². The van der Waals surface area contributed by atoms with Crippen molar-refractivity contribution in [1.29, 1.82) is 0 Å². The summed E-state index contributed by atoms with van der Waals surface area (Å²) >= 11 is 3.57. The number of halogens is 1. The monoisotopic (exact) mass is 322 g/mol. The van der Waals surface area contributed by atoms with Crippen LogP contribution in [0.2, 0.25) is 0 Å². The lowest BCUT2D eigenvalue weighted by Gasteiger charge is -2.14. The van der Waals surface area contributed by atoms with Gasteiger partial charge in [0.05, 0.1) is 6.54 Å². The van der Waals surface area contributed by atoms with Gasteiger partial charge in [0.15, 0.2) is 11.5 Å². The number of aromatic nitrogens is 1. The number of benzene rings is 1. The first-order chi connectivity index (χ1) is 9.15. The molecule has 0 unspecified atom stereocenters. The van der Waals surface area contributed by atoms with Crippen LogP contribution in [0.15, 0.2) is 28.7 Å². The van der Waals surface area contributed by atoms with Crippen LogP contribution in [0.5, 0.6) is 11.5 Å². The zero-order valence-electron chi connectivity index (χ0n) is 10.9. The van der Waals surface area contributed by atoms with E-state index in [1.807, 2.05) is 12.1 Å². The third-order valence-corrected chi connectivity index (χ3v) is 3.98. The van der Waals surface area contributed by atoms with Crippen molar-refractivity contribution in [3.05, 3.63) is 45.7 Å². The Morgan fingerprint density at radius 3 is 2.47 bits per heavy atom. The van der Waals surface area contributed by atoms with E-state index in [2.05, 4.69) is 52.0 Å². The summed E-state index contributed by atoms with van der Waals surface area (Å²) in [7, 11) is 0. The smallest absolute Gasteiger partial charge is 0.231 e. The van der Waals surface area contributed by atoms with Crippen molar-refractivity contribution in [2.24, 2.45) is 0 Å². The predicted octanol–water partition coefficient (Wildman–Crippen LogP) is 3.34. The van der Waals surface area contributed by atoms with Crippen LogP contribution in [-0.4, -0.2) is 11.5 Å². The van der Waals surface area contributed by atoms with Gasteiger partial charge in [0.25, 0.3) is 0 Å². The molecule has 1 aromatic carbocycles. The topological polar surface area (TPSA) is 35.4 Å². The van der Waals surface area contributed by atoms with Gasteiger partial charge in [-0.1, -0.05) is 15.9 Å². The van der Waals surface area contributed by atoms with Crippen molar-refractivity contribution in [3.8, 4) is 11.5 Å². The van der Waals surface area contributed by atoms with E-state index >= 15 is 0 Å². The molecule has 19 heavy (non-hydrogen) atoms. The summed E-state index contributed by atoms with van der Waals surface area (Å²) in [6, 6.07) is 8.15. The molecule has 1 aliphatic heterocycles. The highest BCUT2D eigenvalue weighted by molar-refractivity contribution is 9.10. The molecule has 0 radical (unpaired) electrons. The van der Waals surface area contributed by atoms with Crippen LogP contribution in [0.25, 0.3) is 0 Å². The maximum absolute atomic E-state index is 5.40. The van der Waals surface area contributed by atoms with Gasteiger partial charge in [-0.15, -0.1) is 0 Å². The summed E-state index contributed by atoms with van der Waals surface area (Å²) in [5, 5.41) is 0. The van der Waals surface area contributed by atoms with Crippen LogP contribution in [0.4, 0.5) is 0 Å². The van der Waals surface area contributed by atoms with Crippen LogP contribution in [0, 0.1) is 13.8 Å². The Morgan fingerprint density at radius 2 is 1.79 bits per heavy atom. The standard InChI is InChI=1S/C14H15BrN2O2/c1-9-3-4-10(2)17(9)16-7-11-5-13-14(6-12(11)15)19-8-18-13/h3-6,16H,7-8H2,1-2H3. The molecule has 0 atom stereocenters. The largest absolute Gasteiger partial charge is 0.454 e. The zero-order chi connectivity index (χ0) is 13.4. The first-order valence-corrected chi connectivity index (χ1v) is 6.91. The van der Waals surface area contributed by atoms with Crippen molar-refractivity contribution in [1.82, 2.24) is 4.68 Å². The molecule has 1 aliphatic rings. The molecule has 2 heterocycles. The van der Waals surface area contributed by atoms with Gasteiger partial charge < -0.3 is 14.9 Å². The van der Waals surface area contributed by atoms with Gasteiger partial charge in [-0.25, -0.2) is 0 Å². The van der Waals surface area contributed by atoms with E-state index in [-0.39, 0.29) is 0 Å². The van der Waals surface area contributed by atoms with E-state index in [0.717, 1.165) is 21.5 Å². The third kappa shape index (κ3) is 2.30. The Kier molecular flexibility index (Phi) is 3.14. The number of aryl methyl sites for hydroxylation is 2. The van der Waals surface area contributed by atoms with Crippen molar-refractivity contribution < 1.29 is 9.47 Å². The number of nitrogens with one attached hydrogen (secondary N) is 1. The molecule has 4 nitrogen and oxygen atoms in total. The van der Waals surface area contributed by atoms with E-state index in [0.29, 0.717) is 13.3 Å². The first kappa shape index (κ1) is 12.4. The Bertz CT molecular complexity index is 603. The SMILES string of the molecule is Cc1ccc(C)n1NCc1cc2c(cc1Br)OCO2. The van der Waals surface area contributed by atoms with E-state index < -0.39 is 0 Å². The van der Waals surface area contributed by atoms with E-state index in [1.165, 1.54) is 11.4 Å². The highest BCUT2D eigenvalue weighted by atomic mass is 79.9. The van der Waals surface area contributed by atoms with Crippen molar-refractivity contribution in [2.75, 3.05) is 12.2 Å². The minimum atomic E-state index is 0.300. The normalized spacial score (nSPS) is 12.8. The summed E-state index contributed by atoms with van der Waals surface area (Å²) in [5.74, 6) is 1.60. The summed E-state index contributed by atoms with van der Waals surface area (Å²) in [4.78, 5) is 0. The molecule has 0 saturated carbocycles. The molecule has 0 aliphatic carbocycles.